The number of nitrogens with zero attached hydrogens (tertiary/aromatic N) is 3. The third-order valence-corrected chi connectivity index (χ3v) is 14.6. The highest BCUT2D eigenvalue weighted by Gasteiger charge is 2.44. The minimum absolute atomic E-state index is 0.157. The Balaban J connectivity index is 1.23. The van der Waals surface area contributed by atoms with E-state index in [0.717, 1.165) is 80.3 Å². The third kappa shape index (κ3) is 9.24. The Labute approximate surface area is 381 Å². The molecule has 2 N–H and O–H groups in total. The van der Waals surface area contributed by atoms with Crippen LogP contribution in [0.4, 0.5) is 17.1 Å². The van der Waals surface area contributed by atoms with Crippen LogP contribution in [0.1, 0.15) is 70.9 Å². The van der Waals surface area contributed by atoms with E-state index < -0.39 is 25.7 Å². The summed E-state index contributed by atoms with van der Waals surface area (Å²) in [5.41, 5.74) is 7.25. The zero-order valence-electron chi connectivity index (χ0n) is 36.5. The molecule has 0 fully saturated rings. The maximum absolute atomic E-state index is 11.9. The summed E-state index contributed by atoms with van der Waals surface area (Å²) in [5.74, 6) is 0.687. The number of aliphatic imine (C=N–C) groups is 1. The summed E-state index contributed by atoms with van der Waals surface area (Å²) >= 11 is 4.84. The van der Waals surface area contributed by atoms with E-state index in [0.29, 0.717) is 24.5 Å². The molecule has 1 atom stereocenters. The average Bonchev–Trinajstić information content (AvgIpc) is 3.60. The highest BCUT2D eigenvalue weighted by molar-refractivity contribution is 7.86. The van der Waals surface area contributed by atoms with Crippen molar-refractivity contribution in [1.82, 2.24) is 0 Å². The molecule has 5 aromatic carbocycles. The fourth-order valence-electron chi connectivity index (χ4n) is 10.1. The van der Waals surface area contributed by atoms with E-state index in [-0.39, 0.29) is 35.8 Å². The summed E-state index contributed by atoms with van der Waals surface area (Å²) in [5, 5.41) is 6.96. The number of ether oxygens (including phenoxy) is 1. The quantitative estimate of drug-likeness (QED) is 0.0629. The van der Waals surface area contributed by atoms with E-state index in [1.165, 1.54) is 5.56 Å². The number of isothiocyanates is 1. The Kier molecular flexibility index (Phi) is 12.6. The molecule has 0 spiro atoms. The third-order valence-electron chi connectivity index (χ3n) is 12.9. The second kappa shape index (κ2) is 17.9. The van der Waals surface area contributed by atoms with Crippen LogP contribution in [0.5, 0.6) is 5.75 Å². The number of fused-ring (bicyclic) bond motifs is 6. The molecule has 0 aromatic heterocycles. The van der Waals surface area contributed by atoms with Gasteiger partial charge in [-0.25, -0.2) is 0 Å². The van der Waals surface area contributed by atoms with Gasteiger partial charge in [0.05, 0.1) is 28.4 Å². The number of rotatable bonds is 14. The molecule has 3 aliphatic rings. The van der Waals surface area contributed by atoms with Crippen molar-refractivity contribution in [3.63, 3.8) is 0 Å². The second-order valence-electron chi connectivity index (χ2n) is 17.9. The van der Waals surface area contributed by atoms with Gasteiger partial charge in [0.25, 0.3) is 20.2 Å². The fourth-order valence-corrected chi connectivity index (χ4v) is 11.2. The van der Waals surface area contributed by atoms with Gasteiger partial charge in [-0.15, -0.1) is 0 Å². The predicted octanol–water partition coefficient (Wildman–Crippen LogP) is 11.4. The molecule has 8 rings (SSSR count). The van der Waals surface area contributed by atoms with Gasteiger partial charge in [0.1, 0.15) is 11.5 Å². The van der Waals surface area contributed by atoms with Crippen molar-refractivity contribution in [2.24, 2.45) is 4.99 Å². The minimum atomic E-state index is -4.15. The normalized spacial score (nSPS) is 19.5. The minimum Gasteiger partial charge on any atom is -0.457 e. The van der Waals surface area contributed by atoms with E-state index in [9.17, 15) is 25.9 Å². The number of anilines is 2. The van der Waals surface area contributed by atoms with E-state index >= 15 is 0 Å². The molecule has 0 amide bonds. The molecule has 0 bridgehead atoms. The average molecular weight is 916 g/mol. The van der Waals surface area contributed by atoms with Crippen molar-refractivity contribution < 1.29 is 30.7 Å². The van der Waals surface area contributed by atoms with E-state index in [4.69, 9.17) is 17.0 Å². The van der Waals surface area contributed by atoms with Crippen molar-refractivity contribution in [2.75, 3.05) is 34.4 Å². The molecule has 0 radical (unpaired) electrons. The zero-order valence-corrected chi connectivity index (χ0v) is 38.9. The molecule has 5 aromatic rings. The van der Waals surface area contributed by atoms with Crippen molar-refractivity contribution in [2.45, 2.75) is 76.7 Å². The first-order valence-electron chi connectivity index (χ1n) is 21.6. The van der Waals surface area contributed by atoms with Crippen LogP contribution in [0.25, 0.3) is 21.5 Å². The number of benzene rings is 5. The van der Waals surface area contributed by atoms with Gasteiger partial charge in [0, 0.05) is 41.0 Å². The molecular weight excluding hydrogens is 863 g/mol. The SMILES string of the molecule is CC1(C)C(=CC=C2CCCC(C=CC3N(CCCS(=O)(=O)O)c4ccc5ccccc5c4C3(C)C)=C2Oc2ccc(N=C=S)cc2)N(CCCS(=O)(=O)O)c2ccc3ccccc3c21. The topological polar surface area (TPSA) is 137 Å². The van der Waals surface area contributed by atoms with Gasteiger partial charge in [0.15, 0.2) is 0 Å². The smallest absolute Gasteiger partial charge is 0.264 e. The summed E-state index contributed by atoms with van der Waals surface area (Å²) in [6.45, 7) is 9.68. The van der Waals surface area contributed by atoms with Crippen LogP contribution in [-0.4, -0.2) is 61.7 Å². The molecule has 2 heterocycles. The maximum Gasteiger partial charge on any atom is 0.264 e. The number of thiocarbonyl (C=S) groups is 1. The molecule has 0 saturated carbocycles. The first-order chi connectivity index (χ1) is 30.5. The summed E-state index contributed by atoms with van der Waals surface area (Å²) in [6, 6.07) is 32.3. The molecule has 0 saturated heterocycles. The zero-order chi connectivity index (χ0) is 45.4. The summed E-state index contributed by atoms with van der Waals surface area (Å²) < 4.78 is 73.6. The Hall–Kier alpha value is -5.40. The van der Waals surface area contributed by atoms with Gasteiger partial charge in [-0.2, -0.15) is 21.8 Å². The summed E-state index contributed by atoms with van der Waals surface area (Å²) in [4.78, 5) is 8.57. The van der Waals surface area contributed by atoms with Crippen LogP contribution in [-0.2, 0) is 31.1 Å². The van der Waals surface area contributed by atoms with Crippen LogP contribution in [0.2, 0.25) is 0 Å². The lowest BCUT2D eigenvalue weighted by Gasteiger charge is -2.33. The molecule has 2 aliphatic heterocycles. The van der Waals surface area contributed by atoms with Gasteiger partial charge in [-0.05, 0) is 131 Å². The largest absolute Gasteiger partial charge is 0.457 e. The number of hydrogen-bond acceptors (Lipinski definition) is 9. The molecule has 64 heavy (non-hydrogen) atoms. The van der Waals surface area contributed by atoms with Crippen LogP contribution in [0.3, 0.4) is 0 Å². The van der Waals surface area contributed by atoms with E-state index in [2.05, 4.69) is 120 Å². The molecule has 332 valence electrons. The Morgan fingerprint density at radius 3 is 2.02 bits per heavy atom. The summed E-state index contributed by atoms with van der Waals surface area (Å²) in [6.07, 6.45) is 11.5. The monoisotopic (exact) mass is 915 g/mol. The second-order valence-corrected chi connectivity index (χ2v) is 21.2. The maximum atomic E-state index is 11.9. The first-order valence-corrected chi connectivity index (χ1v) is 25.3. The van der Waals surface area contributed by atoms with Crippen LogP contribution in [0.15, 0.2) is 149 Å². The van der Waals surface area contributed by atoms with Gasteiger partial charge < -0.3 is 14.5 Å². The van der Waals surface area contributed by atoms with Crippen molar-refractivity contribution in [1.29, 1.82) is 0 Å². The standard InChI is InChI=1S/C51H53N3O7S3/c1-50(2)45(53(30-10-32-63(55,56)57)43-26-18-35-12-5-7-16-41(35)47(43)50)28-20-37-14-9-15-38(49(37)61-40-24-22-39(23-25-40)52-34-62)21-29-46-51(3,4)48-42-17-8-6-13-36(42)19-27-44(48)54(46)31-11-33-64(58,59)60/h5-8,12-13,16-29,45H,9-11,14-15,30-33H2,1-4H3,(H,55,56,57)(H,58,59,60). The van der Waals surface area contributed by atoms with E-state index in [1.54, 1.807) is 0 Å². The molecule has 10 nitrogen and oxygen atoms in total. The Morgan fingerprint density at radius 2 is 1.38 bits per heavy atom. The Bertz CT molecular complexity index is 3040. The molecule has 1 aliphatic carbocycles. The van der Waals surface area contributed by atoms with Crippen molar-refractivity contribution >= 4 is 76.2 Å². The van der Waals surface area contributed by atoms with Crippen LogP contribution < -0.4 is 14.5 Å². The van der Waals surface area contributed by atoms with E-state index in [1.807, 2.05) is 48.5 Å². The van der Waals surface area contributed by atoms with Crippen LogP contribution >= 0.6 is 12.2 Å². The lowest BCUT2D eigenvalue weighted by molar-refractivity contribution is 0.415. The Morgan fingerprint density at radius 1 is 0.766 bits per heavy atom. The first kappa shape index (κ1) is 45.2. The van der Waals surface area contributed by atoms with Gasteiger partial charge in [-0.1, -0.05) is 107 Å². The van der Waals surface area contributed by atoms with Crippen molar-refractivity contribution in [3.8, 4) is 5.75 Å². The number of allylic oxidation sites excluding steroid dienone is 6. The highest BCUT2D eigenvalue weighted by Crippen LogP contribution is 2.52. The molecule has 13 heteroatoms. The fraction of sp³-hybridized carbons (Fsp3) is 0.314. The van der Waals surface area contributed by atoms with Gasteiger partial charge in [0.2, 0.25) is 0 Å². The predicted molar refractivity (Wildman–Crippen MR) is 262 cm³/mol. The van der Waals surface area contributed by atoms with Gasteiger partial charge in [-0.3, -0.25) is 9.11 Å². The molecule has 1 unspecified atom stereocenters. The summed E-state index contributed by atoms with van der Waals surface area (Å²) in [7, 11) is -8.29. The van der Waals surface area contributed by atoms with Crippen LogP contribution in [0, 0.1) is 0 Å². The lowest BCUT2D eigenvalue weighted by Crippen LogP contribution is -2.41. The highest BCUT2D eigenvalue weighted by atomic mass is 32.2. The molecular formula is C51H53N3O7S3. The number of hydrogen-bond donors (Lipinski definition) is 2. The van der Waals surface area contributed by atoms with Crippen molar-refractivity contribution in [3.05, 3.63) is 155 Å². The van der Waals surface area contributed by atoms with Gasteiger partial charge >= 0.3 is 0 Å². The lowest BCUT2D eigenvalue weighted by atomic mass is 9.78.